The van der Waals surface area contributed by atoms with E-state index in [2.05, 4.69) is 23.8 Å². The van der Waals surface area contributed by atoms with Gasteiger partial charge >= 0.3 is 6.09 Å². The van der Waals surface area contributed by atoms with Crippen LogP contribution in [0.3, 0.4) is 0 Å². The minimum Gasteiger partial charge on any atom is -0.444 e. The van der Waals surface area contributed by atoms with E-state index < -0.39 is 5.60 Å². The lowest BCUT2D eigenvalue weighted by molar-refractivity contribution is 0.00680. The van der Waals surface area contributed by atoms with Crippen LogP contribution < -0.4 is 0 Å². The number of hydrogen-bond donors (Lipinski definition) is 0. The van der Waals surface area contributed by atoms with Crippen molar-refractivity contribution >= 4 is 18.1 Å². The quantitative estimate of drug-likeness (QED) is 0.731. The van der Waals surface area contributed by atoms with Gasteiger partial charge < -0.3 is 9.64 Å². The van der Waals surface area contributed by atoms with Gasteiger partial charge in [-0.05, 0) is 27.7 Å². The molecule has 0 spiro atoms. The zero-order valence-electron chi connectivity index (χ0n) is 12.4. The third kappa shape index (κ3) is 3.33. The molecule has 19 heavy (non-hydrogen) atoms. The average Bonchev–Trinajstić information content (AvgIpc) is 2.18. The van der Waals surface area contributed by atoms with Crippen LogP contribution in [0.15, 0.2) is 9.98 Å². The van der Waals surface area contributed by atoms with Crippen molar-refractivity contribution in [2.24, 2.45) is 21.8 Å². The van der Waals surface area contributed by atoms with Crippen LogP contribution >= 0.6 is 0 Å². The molecule has 0 radical (unpaired) electrons. The molecule has 2 heterocycles. The average molecular weight is 265 g/mol. The van der Waals surface area contributed by atoms with Gasteiger partial charge in [0.05, 0.1) is 12.0 Å². The SMILES string of the molecule is CC1C=NC(C2CN(C(=O)OC(C)(C)C)C2)=NC1C. The first kappa shape index (κ1) is 14.0. The summed E-state index contributed by atoms with van der Waals surface area (Å²) in [7, 11) is 0. The van der Waals surface area contributed by atoms with E-state index in [-0.39, 0.29) is 18.1 Å². The first-order valence-electron chi connectivity index (χ1n) is 6.86. The number of nitrogens with zero attached hydrogens (tertiary/aromatic N) is 3. The Balaban J connectivity index is 1.85. The Hall–Kier alpha value is -1.39. The van der Waals surface area contributed by atoms with Crippen molar-refractivity contribution in [3.8, 4) is 0 Å². The van der Waals surface area contributed by atoms with Crippen molar-refractivity contribution in [2.45, 2.75) is 46.3 Å². The molecule has 106 valence electrons. The lowest BCUT2D eigenvalue weighted by Crippen LogP contribution is -2.54. The fourth-order valence-corrected chi connectivity index (χ4v) is 2.01. The second-order valence-electron chi connectivity index (χ2n) is 6.45. The molecule has 0 aromatic rings. The third-order valence-electron chi connectivity index (χ3n) is 3.44. The zero-order valence-corrected chi connectivity index (χ0v) is 12.4. The lowest BCUT2D eigenvalue weighted by Gasteiger charge is -2.40. The minimum atomic E-state index is -0.438. The Morgan fingerprint density at radius 3 is 2.53 bits per heavy atom. The van der Waals surface area contributed by atoms with Crippen LogP contribution in [0.2, 0.25) is 0 Å². The molecule has 0 saturated carbocycles. The second-order valence-corrected chi connectivity index (χ2v) is 6.45. The van der Waals surface area contributed by atoms with Crippen molar-refractivity contribution in [2.75, 3.05) is 13.1 Å². The van der Waals surface area contributed by atoms with Gasteiger partial charge in [-0.1, -0.05) is 6.92 Å². The summed E-state index contributed by atoms with van der Waals surface area (Å²) in [6, 6.07) is 0.281. The predicted molar refractivity (Wildman–Crippen MR) is 75.9 cm³/mol. The van der Waals surface area contributed by atoms with Crippen LogP contribution in [0.25, 0.3) is 0 Å². The van der Waals surface area contributed by atoms with Crippen LogP contribution in [0, 0.1) is 11.8 Å². The number of amides is 1. The van der Waals surface area contributed by atoms with Gasteiger partial charge in [-0.2, -0.15) is 0 Å². The Morgan fingerprint density at radius 2 is 2.00 bits per heavy atom. The molecule has 2 aliphatic rings. The van der Waals surface area contributed by atoms with Crippen molar-refractivity contribution in [1.82, 2.24) is 4.90 Å². The maximum atomic E-state index is 11.8. The van der Waals surface area contributed by atoms with Crippen molar-refractivity contribution in [1.29, 1.82) is 0 Å². The van der Waals surface area contributed by atoms with Gasteiger partial charge in [0.1, 0.15) is 11.4 Å². The highest BCUT2D eigenvalue weighted by atomic mass is 16.6. The van der Waals surface area contributed by atoms with E-state index in [1.54, 1.807) is 4.90 Å². The van der Waals surface area contributed by atoms with E-state index in [0.29, 0.717) is 19.0 Å². The summed E-state index contributed by atoms with van der Waals surface area (Å²) in [5.41, 5.74) is -0.438. The van der Waals surface area contributed by atoms with Crippen LogP contribution in [0.4, 0.5) is 4.79 Å². The molecule has 1 saturated heterocycles. The molecule has 2 rings (SSSR count). The van der Waals surface area contributed by atoms with E-state index in [1.165, 1.54) is 0 Å². The number of ether oxygens (including phenoxy) is 1. The molecule has 2 atom stereocenters. The lowest BCUT2D eigenvalue weighted by atomic mass is 9.97. The Kier molecular flexibility index (Phi) is 3.65. The Morgan fingerprint density at radius 1 is 1.37 bits per heavy atom. The monoisotopic (exact) mass is 265 g/mol. The second kappa shape index (κ2) is 4.94. The highest BCUT2D eigenvalue weighted by molar-refractivity contribution is 5.95. The normalized spacial score (nSPS) is 27.8. The number of rotatable bonds is 1. The first-order chi connectivity index (χ1) is 8.76. The molecule has 0 aliphatic carbocycles. The maximum absolute atomic E-state index is 11.8. The minimum absolute atomic E-state index is 0.245. The summed E-state index contributed by atoms with van der Waals surface area (Å²) >= 11 is 0. The number of carbonyl (C=O) groups excluding carboxylic acids is 1. The topological polar surface area (TPSA) is 54.3 Å². The van der Waals surface area contributed by atoms with E-state index in [0.717, 1.165) is 5.84 Å². The third-order valence-corrected chi connectivity index (χ3v) is 3.44. The number of likely N-dealkylation sites (tertiary alicyclic amines) is 1. The summed E-state index contributed by atoms with van der Waals surface area (Å²) in [5, 5.41) is 0. The van der Waals surface area contributed by atoms with Crippen LogP contribution in [-0.2, 0) is 4.74 Å². The van der Waals surface area contributed by atoms with Crippen LogP contribution in [0.1, 0.15) is 34.6 Å². The van der Waals surface area contributed by atoms with E-state index >= 15 is 0 Å². The number of carbonyl (C=O) groups is 1. The van der Waals surface area contributed by atoms with Gasteiger partial charge in [0.25, 0.3) is 0 Å². The number of hydrogen-bond acceptors (Lipinski definition) is 4. The summed E-state index contributed by atoms with van der Waals surface area (Å²) in [5.74, 6) is 1.54. The van der Waals surface area contributed by atoms with Gasteiger partial charge in [-0.3, -0.25) is 4.99 Å². The maximum Gasteiger partial charge on any atom is 0.410 e. The summed E-state index contributed by atoms with van der Waals surface area (Å²) in [6.45, 7) is 11.2. The van der Waals surface area contributed by atoms with Gasteiger partial charge in [0.15, 0.2) is 0 Å². The molecule has 0 bridgehead atoms. The van der Waals surface area contributed by atoms with Crippen molar-refractivity contribution in [3.63, 3.8) is 0 Å². The summed E-state index contributed by atoms with van der Waals surface area (Å²) < 4.78 is 5.32. The first-order valence-corrected chi connectivity index (χ1v) is 6.86. The molecule has 2 aliphatic heterocycles. The summed E-state index contributed by atoms with van der Waals surface area (Å²) in [6.07, 6.45) is 1.72. The van der Waals surface area contributed by atoms with Gasteiger partial charge in [0.2, 0.25) is 0 Å². The van der Waals surface area contributed by atoms with Crippen molar-refractivity contribution < 1.29 is 9.53 Å². The molecule has 0 N–H and O–H groups in total. The zero-order chi connectivity index (χ0) is 14.2. The molecule has 1 fully saturated rings. The Bertz CT molecular complexity index is 417. The van der Waals surface area contributed by atoms with Gasteiger partial charge in [0, 0.05) is 25.2 Å². The number of aliphatic imine (C=N–C) groups is 2. The molecule has 1 amide bonds. The van der Waals surface area contributed by atoms with E-state index in [4.69, 9.17) is 4.74 Å². The molecular weight excluding hydrogens is 242 g/mol. The van der Waals surface area contributed by atoms with Gasteiger partial charge in [-0.25, -0.2) is 9.79 Å². The van der Waals surface area contributed by atoms with Crippen molar-refractivity contribution in [3.05, 3.63) is 0 Å². The highest BCUT2D eigenvalue weighted by Gasteiger charge is 2.37. The molecule has 5 nitrogen and oxygen atoms in total. The standard InChI is InChI=1S/C14H23N3O2/c1-9-6-15-12(16-10(9)2)11-7-17(8-11)13(18)19-14(3,4)5/h6,9-11H,7-8H2,1-5H3. The molecule has 2 unspecified atom stereocenters. The molecular formula is C14H23N3O2. The smallest absolute Gasteiger partial charge is 0.410 e. The van der Waals surface area contributed by atoms with Crippen LogP contribution in [-0.4, -0.2) is 47.8 Å². The van der Waals surface area contributed by atoms with E-state index in [9.17, 15) is 4.79 Å². The largest absolute Gasteiger partial charge is 0.444 e. The molecule has 5 heteroatoms. The fourth-order valence-electron chi connectivity index (χ4n) is 2.01. The molecule has 0 aromatic carbocycles. The fraction of sp³-hybridized carbons (Fsp3) is 0.786. The predicted octanol–water partition coefficient (Wildman–Crippen LogP) is 2.36. The van der Waals surface area contributed by atoms with E-state index in [1.807, 2.05) is 27.0 Å². The molecule has 0 aromatic heterocycles. The summed E-state index contributed by atoms with van der Waals surface area (Å²) in [4.78, 5) is 22.5. The number of amidine groups is 1. The van der Waals surface area contributed by atoms with Gasteiger partial charge in [-0.15, -0.1) is 0 Å². The highest BCUT2D eigenvalue weighted by Crippen LogP contribution is 2.23. The Labute approximate surface area is 114 Å². The van der Waals surface area contributed by atoms with Crippen LogP contribution in [0.5, 0.6) is 0 Å².